The lowest BCUT2D eigenvalue weighted by atomic mass is 10.0. The minimum Gasteiger partial charge on any atom is -0.481 e. The number of carbonyl (C=O) groups is 1. The van der Waals surface area contributed by atoms with Crippen LogP contribution in [0.1, 0.15) is 40.5 Å². The largest absolute Gasteiger partial charge is 0.481 e. The summed E-state index contributed by atoms with van der Waals surface area (Å²) in [5, 5.41) is 43.5. The van der Waals surface area contributed by atoms with Crippen LogP contribution < -0.4 is 5.32 Å². The van der Waals surface area contributed by atoms with Gasteiger partial charge in [0.25, 0.3) is 0 Å². The zero-order valence-electron chi connectivity index (χ0n) is 14.5. The Morgan fingerprint density at radius 3 is 2.33 bits per heavy atom. The molecule has 0 aromatic rings. The first kappa shape index (κ1) is 21.8. The molecule has 136 valence electrons. The monoisotopic (exact) mass is 342 g/mol. The molecule has 0 aliphatic rings. The number of nitrogens with one attached hydrogen (secondary N) is 3. The summed E-state index contributed by atoms with van der Waals surface area (Å²) in [6.45, 7) is 6.86. The van der Waals surface area contributed by atoms with Gasteiger partial charge in [0.1, 0.15) is 22.7 Å². The second-order valence-corrected chi connectivity index (χ2v) is 6.05. The van der Waals surface area contributed by atoms with Crippen LogP contribution in [0.2, 0.25) is 0 Å². The van der Waals surface area contributed by atoms with Crippen molar-refractivity contribution in [1.82, 2.24) is 5.32 Å². The summed E-state index contributed by atoms with van der Waals surface area (Å²) in [4.78, 5) is 18.3. The molecule has 0 atom stereocenters. The van der Waals surface area contributed by atoms with Crippen LogP contribution in [0.15, 0.2) is 15.2 Å². The van der Waals surface area contributed by atoms with Gasteiger partial charge in [0.15, 0.2) is 0 Å². The van der Waals surface area contributed by atoms with Crippen LogP contribution in [0.4, 0.5) is 0 Å². The third-order valence-electron chi connectivity index (χ3n) is 2.94. The van der Waals surface area contributed by atoms with Gasteiger partial charge in [-0.3, -0.25) is 20.9 Å². The zero-order valence-corrected chi connectivity index (χ0v) is 14.5. The molecule has 0 aromatic carbocycles. The third kappa shape index (κ3) is 8.44. The standard InChI is InChI=1S/C14H26N6O4/c1-13(2,11(15)17-7-5-9-24-23)19-20-14(3,4)12(16)18-8-6-10(21)22/h7,15,23H,5-6,8-9H2,1-4H3,(H2,16,18)(H,21,22)/b15-11?,17-7+,20-19?. The molecule has 0 saturated carbocycles. The molecule has 0 saturated heterocycles. The number of azo groups is 1. The van der Waals surface area contributed by atoms with E-state index < -0.39 is 17.0 Å². The molecule has 0 heterocycles. The van der Waals surface area contributed by atoms with Crippen molar-refractivity contribution in [2.75, 3.05) is 13.2 Å². The molecule has 0 aromatic heterocycles. The first-order chi connectivity index (χ1) is 11.0. The number of hydrogen-bond acceptors (Lipinski definition) is 7. The van der Waals surface area contributed by atoms with Gasteiger partial charge in [0.05, 0.1) is 13.0 Å². The lowest BCUT2D eigenvalue weighted by Gasteiger charge is -2.23. The van der Waals surface area contributed by atoms with Crippen molar-refractivity contribution in [1.29, 1.82) is 10.8 Å². The molecule has 10 heteroatoms. The SMILES string of the molecule is CC(C)(N=NC(C)(C)C(=N)NCCC(=O)O)C(=N)/N=C/CCOO. The first-order valence-corrected chi connectivity index (χ1v) is 7.39. The minimum absolute atomic E-state index is 0.0228. The predicted octanol–water partition coefficient (Wildman–Crippen LogP) is 1.97. The first-order valence-electron chi connectivity index (χ1n) is 7.39. The number of aliphatic carboxylic acids is 1. The summed E-state index contributed by atoms with van der Waals surface area (Å²) in [6, 6.07) is 0. The second kappa shape index (κ2) is 9.83. The molecule has 0 radical (unpaired) electrons. The molecule has 0 bridgehead atoms. The third-order valence-corrected chi connectivity index (χ3v) is 2.94. The predicted molar refractivity (Wildman–Crippen MR) is 90.4 cm³/mol. The number of hydrogen-bond donors (Lipinski definition) is 5. The lowest BCUT2D eigenvalue weighted by molar-refractivity contribution is -0.239. The van der Waals surface area contributed by atoms with Gasteiger partial charge in [-0.2, -0.15) is 10.2 Å². The molecule has 0 amide bonds. The number of carboxylic acids is 1. The fourth-order valence-corrected chi connectivity index (χ4v) is 1.28. The Kier molecular flexibility index (Phi) is 8.93. The molecule has 0 rings (SSSR count). The van der Waals surface area contributed by atoms with E-state index in [0.29, 0.717) is 6.42 Å². The second-order valence-electron chi connectivity index (χ2n) is 6.05. The quantitative estimate of drug-likeness (QED) is 0.102. The molecule has 24 heavy (non-hydrogen) atoms. The Labute approximate surface area is 141 Å². The van der Waals surface area contributed by atoms with E-state index in [4.69, 9.17) is 21.2 Å². The highest BCUT2D eigenvalue weighted by Crippen LogP contribution is 2.18. The molecule has 0 aliphatic carbocycles. The summed E-state index contributed by atoms with van der Waals surface area (Å²) in [5.41, 5.74) is -1.97. The van der Waals surface area contributed by atoms with Crippen molar-refractivity contribution in [2.24, 2.45) is 15.2 Å². The molecule has 0 aliphatic heterocycles. The van der Waals surface area contributed by atoms with Gasteiger partial charge in [-0.15, -0.1) is 0 Å². The van der Waals surface area contributed by atoms with E-state index in [-0.39, 0.29) is 31.2 Å². The van der Waals surface area contributed by atoms with Crippen LogP contribution in [0.5, 0.6) is 0 Å². The van der Waals surface area contributed by atoms with Gasteiger partial charge in [0.2, 0.25) is 0 Å². The Hall–Kier alpha value is -2.20. The number of aliphatic imine (C=N–C) groups is 1. The number of rotatable bonds is 10. The molecular weight excluding hydrogens is 316 g/mol. The van der Waals surface area contributed by atoms with E-state index >= 15 is 0 Å². The van der Waals surface area contributed by atoms with Crippen molar-refractivity contribution in [2.45, 2.75) is 51.6 Å². The summed E-state index contributed by atoms with van der Waals surface area (Å²) >= 11 is 0. The highest BCUT2D eigenvalue weighted by atomic mass is 17.1. The van der Waals surface area contributed by atoms with Crippen molar-refractivity contribution >= 4 is 23.9 Å². The van der Waals surface area contributed by atoms with Crippen LogP contribution in [-0.4, -0.2) is 58.4 Å². The molecule has 10 nitrogen and oxygen atoms in total. The number of amidine groups is 2. The number of carboxylic acid groups (broad SMARTS) is 1. The van der Waals surface area contributed by atoms with Crippen molar-refractivity contribution < 1.29 is 20.0 Å². The maximum Gasteiger partial charge on any atom is 0.305 e. The maximum atomic E-state index is 10.5. The van der Waals surface area contributed by atoms with E-state index in [2.05, 4.69) is 25.4 Å². The average molecular weight is 342 g/mol. The molecular formula is C14H26N6O4. The average Bonchev–Trinajstić information content (AvgIpc) is 2.49. The minimum atomic E-state index is -0.991. The van der Waals surface area contributed by atoms with Gasteiger partial charge in [-0.1, -0.05) is 0 Å². The Morgan fingerprint density at radius 2 is 1.79 bits per heavy atom. The lowest BCUT2D eigenvalue weighted by Crippen LogP contribution is -2.41. The van der Waals surface area contributed by atoms with E-state index in [1.807, 2.05) is 0 Å². The number of nitrogens with zero attached hydrogens (tertiary/aromatic N) is 3. The summed E-state index contributed by atoms with van der Waals surface area (Å²) in [5.74, 6) is -0.933. The Balaban J connectivity index is 4.74. The summed E-state index contributed by atoms with van der Waals surface area (Å²) in [7, 11) is 0. The molecule has 0 spiro atoms. The summed E-state index contributed by atoms with van der Waals surface area (Å²) < 4.78 is 0. The highest BCUT2D eigenvalue weighted by molar-refractivity contribution is 5.94. The van der Waals surface area contributed by atoms with E-state index in [9.17, 15) is 4.79 Å². The van der Waals surface area contributed by atoms with E-state index in [1.54, 1.807) is 27.7 Å². The van der Waals surface area contributed by atoms with Crippen molar-refractivity contribution in [3.05, 3.63) is 0 Å². The fourth-order valence-electron chi connectivity index (χ4n) is 1.28. The van der Waals surface area contributed by atoms with Crippen LogP contribution in [0.3, 0.4) is 0 Å². The van der Waals surface area contributed by atoms with E-state index in [1.165, 1.54) is 6.21 Å². The van der Waals surface area contributed by atoms with Crippen LogP contribution >= 0.6 is 0 Å². The van der Waals surface area contributed by atoms with Crippen LogP contribution in [-0.2, 0) is 9.68 Å². The zero-order chi connectivity index (χ0) is 18.8. The van der Waals surface area contributed by atoms with Crippen molar-refractivity contribution in [3.8, 4) is 0 Å². The molecule has 0 fully saturated rings. The van der Waals surface area contributed by atoms with Crippen molar-refractivity contribution in [3.63, 3.8) is 0 Å². The normalized spacial score (nSPS) is 12.7. The molecule has 5 N–H and O–H groups in total. The van der Waals surface area contributed by atoms with Gasteiger partial charge in [-0.05, 0) is 27.7 Å². The van der Waals surface area contributed by atoms with E-state index in [0.717, 1.165) is 0 Å². The Morgan fingerprint density at radius 1 is 1.21 bits per heavy atom. The van der Waals surface area contributed by atoms with Gasteiger partial charge in [0, 0.05) is 19.2 Å². The highest BCUT2D eigenvalue weighted by Gasteiger charge is 2.28. The molecule has 0 unspecified atom stereocenters. The maximum absolute atomic E-state index is 10.5. The summed E-state index contributed by atoms with van der Waals surface area (Å²) in [6.07, 6.45) is 1.70. The Bertz CT molecular complexity index is 513. The van der Waals surface area contributed by atoms with Crippen LogP contribution in [0.25, 0.3) is 0 Å². The van der Waals surface area contributed by atoms with Crippen LogP contribution in [0, 0.1) is 10.8 Å². The fraction of sp³-hybridized carbons (Fsp3) is 0.714. The van der Waals surface area contributed by atoms with Gasteiger partial charge >= 0.3 is 5.97 Å². The topological polar surface area (TPSA) is 164 Å². The van der Waals surface area contributed by atoms with Gasteiger partial charge in [-0.25, -0.2) is 9.88 Å². The van der Waals surface area contributed by atoms with Gasteiger partial charge < -0.3 is 10.4 Å². The smallest absolute Gasteiger partial charge is 0.305 e.